The van der Waals surface area contributed by atoms with Crippen molar-refractivity contribution in [1.29, 1.82) is 0 Å². The van der Waals surface area contributed by atoms with Gasteiger partial charge in [0.25, 0.3) is 11.1 Å². The maximum absolute atomic E-state index is 12.1. The van der Waals surface area contributed by atoms with Gasteiger partial charge in [0.05, 0.1) is 12.3 Å². The third kappa shape index (κ3) is 5.10. The molecule has 0 saturated carbocycles. The van der Waals surface area contributed by atoms with Crippen molar-refractivity contribution in [3.63, 3.8) is 0 Å². The Kier molecular flexibility index (Phi) is 6.65. The molecule has 124 valence electrons. The van der Waals surface area contributed by atoms with Gasteiger partial charge < -0.3 is 5.32 Å². The monoisotopic (exact) mass is 334 g/mol. The molecule has 2 rings (SSSR count). The summed E-state index contributed by atoms with van der Waals surface area (Å²) in [6.07, 6.45) is 4.45. The predicted molar refractivity (Wildman–Crippen MR) is 91.3 cm³/mol. The van der Waals surface area contributed by atoms with Crippen molar-refractivity contribution in [2.24, 2.45) is 0 Å². The summed E-state index contributed by atoms with van der Waals surface area (Å²) in [6.45, 7) is 3.05. The van der Waals surface area contributed by atoms with Crippen LogP contribution in [-0.2, 0) is 11.3 Å². The van der Waals surface area contributed by atoms with Crippen molar-refractivity contribution >= 4 is 28.8 Å². The number of nitrogens with zero attached hydrogens (tertiary/aromatic N) is 1. The van der Waals surface area contributed by atoms with Gasteiger partial charge in [-0.1, -0.05) is 50.1 Å². The molecular formula is C17H22N2O3S. The zero-order chi connectivity index (χ0) is 16.7. The summed E-state index contributed by atoms with van der Waals surface area (Å²) in [5.41, 5.74) is 1.34. The van der Waals surface area contributed by atoms with Crippen LogP contribution in [0.5, 0.6) is 0 Å². The minimum atomic E-state index is -0.222. The van der Waals surface area contributed by atoms with Crippen molar-refractivity contribution in [3.05, 3.63) is 35.4 Å². The summed E-state index contributed by atoms with van der Waals surface area (Å²) in [6, 6.07) is 7.08. The van der Waals surface area contributed by atoms with Crippen molar-refractivity contribution < 1.29 is 14.4 Å². The smallest absolute Gasteiger partial charge is 0.289 e. The SMILES string of the molecule is CCCCCCNC(=O)c1cccc(CN2C(=O)CSC2=O)c1. The molecule has 1 fully saturated rings. The Morgan fingerprint density at radius 3 is 2.78 bits per heavy atom. The Balaban J connectivity index is 1.90. The lowest BCUT2D eigenvalue weighted by Crippen LogP contribution is -2.28. The number of nitrogens with one attached hydrogen (secondary N) is 1. The van der Waals surface area contributed by atoms with E-state index in [-0.39, 0.29) is 29.4 Å². The number of carbonyl (C=O) groups excluding carboxylic acids is 3. The van der Waals surface area contributed by atoms with Crippen LogP contribution < -0.4 is 5.32 Å². The van der Waals surface area contributed by atoms with Crippen LogP contribution in [0.2, 0.25) is 0 Å². The van der Waals surface area contributed by atoms with Gasteiger partial charge in [0.2, 0.25) is 5.91 Å². The lowest BCUT2D eigenvalue weighted by Gasteiger charge is -2.13. The number of benzene rings is 1. The number of unbranched alkanes of at least 4 members (excludes halogenated alkanes) is 3. The highest BCUT2D eigenvalue weighted by Gasteiger charge is 2.29. The summed E-state index contributed by atoms with van der Waals surface area (Å²) in [5.74, 6) is -0.0842. The molecule has 23 heavy (non-hydrogen) atoms. The van der Waals surface area contributed by atoms with Crippen LogP contribution in [0.1, 0.15) is 48.5 Å². The number of carbonyl (C=O) groups is 3. The molecule has 0 spiro atoms. The number of hydrogen-bond acceptors (Lipinski definition) is 4. The van der Waals surface area contributed by atoms with Gasteiger partial charge in [-0.05, 0) is 24.1 Å². The molecule has 1 N–H and O–H groups in total. The highest BCUT2D eigenvalue weighted by atomic mass is 32.2. The zero-order valence-electron chi connectivity index (χ0n) is 13.3. The molecule has 0 bridgehead atoms. The van der Waals surface area contributed by atoms with E-state index in [2.05, 4.69) is 12.2 Å². The molecule has 0 atom stereocenters. The van der Waals surface area contributed by atoms with E-state index in [4.69, 9.17) is 0 Å². The van der Waals surface area contributed by atoms with E-state index in [0.29, 0.717) is 12.1 Å². The fourth-order valence-electron chi connectivity index (χ4n) is 2.38. The lowest BCUT2D eigenvalue weighted by atomic mass is 10.1. The molecule has 6 heteroatoms. The maximum Gasteiger partial charge on any atom is 0.289 e. The second-order valence-corrected chi connectivity index (χ2v) is 6.48. The number of hydrogen-bond donors (Lipinski definition) is 1. The highest BCUT2D eigenvalue weighted by Crippen LogP contribution is 2.21. The van der Waals surface area contributed by atoms with E-state index in [1.165, 1.54) is 17.7 Å². The molecule has 0 unspecified atom stereocenters. The van der Waals surface area contributed by atoms with Gasteiger partial charge in [-0.15, -0.1) is 0 Å². The second kappa shape index (κ2) is 8.72. The van der Waals surface area contributed by atoms with E-state index in [9.17, 15) is 14.4 Å². The second-order valence-electron chi connectivity index (χ2n) is 5.55. The molecule has 0 radical (unpaired) electrons. The molecule has 1 aromatic rings. The predicted octanol–water partition coefficient (Wildman–Crippen LogP) is 3.19. The van der Waals surface area contributed by atoms with Gasteiger partial charge in [0.1, 0.15) is 0 Å². The Bertz CT molecular complexity index is 573. The first-order valence-electron chi connectivity index (χ1n) is 7.96. The first-order chi connectivity index (χ1) is 11.1. The molecule has 1 aliphatic heterocycles. The first kappa shape index (κ1) is 17.5. The molecule has 5 nitrogen and oxygen atoms in total. The summed E-state index contributed by atoms with van der Waals surface area (Å²) < 4.78 is 0. The van der Waals surface area contributed by atoms with Gasteiger partial charge in [0, 0.05) is 12.1 Å². The van der Waals surface area contributed by atoms with Gasteiger partial charge in [0.15, 0.2) is 0 Å². The number of amides is 3. The average Bonchev–Trinajstić information content (AvgIpc) is 2.87. The van der Waals surface area contributed by atoms with Crippen molar-refractivity contribution in [1.82, 2.24) is 10.2 Å². The molecule has 0 aliphatic carbocycles. The van der Waals surface area contributed by atoms with Crippen molar-refractivity contribution in [2.45, 2.75) is 39.2 Å². The standard InChI is InChI=1S/C17H22N2O3S/c1-2-3-4-5-9-18-16(21)14-8-6-7-13(10-14)11-19-15(20)12-23-17(19)22/h6-8,10H,2-5,9,11-12H2,1H3,(H,18,21). The van der Waals surface area contributed by atoms with Crippen LogP contribution in [0, 0.1) is 0 Å². The van der Waals surface area contributed by atoms with E-state index < -0.39 is 0 Å². The number of rotatable bonds is 8. The van der Waals surface area contributed by atoms with Crippen LogP contribution in [0.25, 0.3) is 0 Å². The molecule has 1 aromatic carbocycles. The van der Waals surface area contributed by atoms with Gasteiger partial charge in [-0.25, -0.2) is 0 Å². The third-order valence-electron chi connectivity index (χ3n) is 3.69. The van der Waals surface area contributed by atoms with E-state index in [1.54, 1.807) is 18.2 Å². The largest absolute Gasteiger partial charge is 0.352 e. The Morgan fingerprint density at radius 2 is 2.09 bits per heavy atom. The fourth-order valence-corrected chi connectivity index (χ4v) is 3.11. The number of thioether (sulfide) groups is 1. The van der Waals surface area contributed by atoms with Crippen LogP contribution in [0.3, 0.4) is 0 Å². The Hall–Kier alpha value is -1.82. The summed E-state index contributed by atoms with van der Waals surface area (Å²) in [7, 11) is 0. The van der Waals surface area contributed by atoms with E-state index in [1.807, 2.05) is 6.07 Å². The fraction of sp³-hybridized carbons (Fsp3) is 0.471. The minimum absolute atomic E-state index is 0.114. The summed E-state index contributed by atoms with van der Waals surface area (Å²) in [4.78, 5) is 36.6. The number of imide groups is 1. The Labute approximate surface area is 140 Å². The van der Waals surface area contributed by atoms with Crippen LogP contribution >= 0.6 is 11.8 Å². The van der Waals surface area contributed by atoms with Gasteiger partial charge >= 0.3 is 0 Å². The quantitative estimate of drug-likeness (QED) is 0.742. The van der Waals surface area contributed by atoms with Crippen LogP contribution in [0.4, 0.5) is 4.79 Å². The maximum atomic E-state index is 12.1. The Morgan fingerprint density at radius 1 is 1.26 bits per heavy atom. The first-order valence-corrected chi connectivity index (χ1v) is 8.94. The zero-order valence-corrected chi connectivity index (χ0v) is 14.2. The van der Waals surface area contributed by atoms with Crippen LogP contribution in [-0.4, -0.2) is 34.3 Å². The van der Waals surface area contributed by atoms with Gasteiger partial charge in [-0.2, -0.15) is 0 Å². The van der Waals surface area contributed by atoms with Crippen LogP contribution in [0.15, 0.2) is 24.3 Å². The lowest BCUT2D eigenvalue weighted by molar-refractivity contribution is -0.125. The summed E-state index contributed by atoms with van der Waals surface area (Å²) in [5, 5.41) is 2.68. The molecular weight excluding hydrogens is 312 g/mol. The topological polar surface area (TPSA) is 66.5 Å². The summed E-state index contributed by atoms with van der Waals surface area (Å²) >= 11 is 1.02. The van der Waals surface area contributed by atoms with Crippen molar-refractivity contribution in [3.8, 4) is 0 Å². The van der Waals surface area contributed by atoms with Gasteiger partial charge in [-0.3, -0.25) is 19.3 Å². The molecule has 1 saturated heterocycles. The van der Waals surface area contributed by atoms with Crippen molar-refractivity contribution in [2.75, 3.05) is 12.3 Å². The third-order valence-corrected chi connectivity index (χ3v) is 4.54. The molecule has 0 aromatic heterocycles. The molecule has 1 heterocycles. The van der Waals surface area contributed by atoms with E-state index >= 15 is 0 Å². The molecule has 3 amide bonds. The average molecular weight is 334 g/mol. The normalized spacial score (nSPS) is 14.4. The minimum Gasteiger partial charge on any atom is -0.352 e. The van der Waals surface area contributed by atoms with E-state index in [0.717, 1.165) is 30.2 Å². The molecule has 1 aliphatic rings. The highest BCUT2D eigenvalue weighted by molar-refractivity contribution is 8.14.